The second-order valence-electron chi connectivity index (χ2n) is 2.82. The Morgan fingerprint density at radius 3 is 3.08 bits per heavy atom. The summed E-state index contributed by atoms with van der Waals surface area (Å²) in [6, 6.07) is 0.267. The van der Waals surface area contributed by atoms with Gasteiger partial charge >= 0.3 is 0 Å². The molecule has 13 heavy (non-hydrogen) atoms. The maximum Gasteiger partial charge on any atom is 0.109 e. The quantitative estimate of drug-likeness (QED) is 0.807. The van der Waals surface area contributed by atoms with Crippen molar-refractivity contribution < 1.29 is 4.21 Å². The zero-order valence-corrected chi connectivity index (χ0v) is 9.45. The van der Waals surface area contributed by atoms with Crippen LogP contribution in [0.1, 0.15) is 18.0 Å². The van der Waals surface area contributed by atoms with Crippen LogP contribution in [0, 0.1) is 0 Å². The molecule has 1 rings (SSSR count). The molecule has 0 saturated carbocycles. The third kappa shape index (κ3) is 3.97. The summed E-state index contributed by atoms with van der Waals surface area (Å²) in [5.41, 5.74) is 0. The van der Waals surface area contributed by atoms with Gasteiger partial charge in [0.05, 0.1) is 6.04 Å². The maximum atomic E-state index is 10.8. The number of aromatic nitrogens is 1. The molecule has 2 atom stereocenters. The summed E-state index contributed by atoms with van der Waals surface area (Å²) in [6.07, 6.45) is 3.52. The van der Waals surface area contributed by atoms with Crippen molar-refractivity contribution in [2.45, 2.75) is 13.0 Å². The lowest BCUT2D eigenvalue weighted by molar-refractivity contribution is 0.594. The van der Waals surface area contributed by atoms with E-state index >= 15 is 0 Å². The molecule has 1 aromatic heterocycles. The minimum absolute atomic E-state index is 0.267. The van der Waals surface area contributed by atoms with Crippen molar-refractivity contribution in [2.75, 3.05) is 18.6 Å². The second kappa shape index (κ2) is 5.47. The van der Waals surface area contributed by atoms with E-state index in [2.05, 4.69) is 17.2 Å². The molecule has 0 aromatic carbocycles. The van der Waals surface area contributed by atoms with Crippen LogP contribution < -0.4 is 5.32 Å². The normalized spacial score (nSPS) is 15.5. The van der Waals surface area contributed by atoms with Crippen LogP contribution in [-0.4, -0.2) is 27.7 Å². The zero-order valence-electron chi connectivity index (χ0n) is 7.82. The van der Waals surface area contributed by atoms with Gasteiger partial charge in [-0.1, -0.05) is 0 Å². The fourth-order valence-electron chi connectivity index (χ4n) is 0.955. The van der Waals surface area contributed by atoms with Crippen LogP contribution in [0.25, 0.3) is 0 Å². The van der Waals surface area contributed by atoms with Crippen molar-refractivity contribution in [3.05, 3.63) is 16.6 Å². The summed E-state index contributed by atoms with van der Waals surface area (Å²) in [6.45, 7) is 2.85. The van der Waals surface area contributed by atoms with Gasteiger partial charge < -0.3 is 5.32 Å². The SMILES string of the molecule is CC(NCCS(C)=O)c1nccs1. The van der Waals surface area contributed by atoms with Gasteiger partial charge in [0.2, 0.25) is 0 Å². The van der Waals surface area contributed by atoms with Crippen LogP contribution in [0.5, 0.6) is 0 Å². The molecule has 74 valence electrons. The van der Waals surface area contributed by atoms with E-state index in [1.165, 1.54) is 0 Å². The lowest BCUT2D eigenvalue weighted by atomic mass is 10.3. The van der Waals surface area contributed by atoms with Crippen molar-refractivity contribution in [1.82, 2.24) is 10.3 Å². The molecule has 0 amide bonds. The average molecular weight is 218 g/mol. The fourth-order valence-corrected chi connectivity index (χ4v) is 2.03. The summed E-state index contributed by atoms with van der Waals surface area (Å²) in [5.74, 6) is 0.704. The molecule has 0 aliphatic carbocycles. The lowest BCUT2D eigenvalue weighted by Crippen LogP contribution is -2.23. The summed E-state index contributed by atoms with van der Waals surface area (Å²) in [4.78, 5) is 4.19. The van der Waals surface area contributed by atoms with E-state index < -0.39 is 10.8 Å². The fraction of sp³-hybridized carbons (Fsp3) is 0.625. The molecule has 1 heterocycles. The van der Waals surface area contributed by atoms with Crippen LogP contribution in [0.3, 0.4) is 0 Å². The summed E-state index contributed by atoms with van der Waals surface area (Å²) >= 11 is 1.64. The van der Waals surface area contributed by atoms with Crippen LogP contribution in [0.15, 0.2) is 11.6 Å². The van der Waals surface area contributed by atoms with Crippen LogP contribution in [-0.2, 0) is 10.8 Å². The molecule has 0 fully saturated rings. The lowest BCUT2D eigenvalue weighted by Gasteiger charge is -2.09. The maximum absolute atomic E-state index is 10.8. The largest absolute Gasteiger partial charge is 0.307 e. The molecule has 1 aromatic rings. The number of hydrogen-bond acceptors (Lipinski definition) is 4. The predicted molar refractivity (Wildman–Crippen MR) is 57.5 cm³/mol. The highest BCUT2D eigenvalue weighted by molar-refractivity contribution is 7.84. The molecule has 1 N–H and O–H groups in total. The topological polar surface area (TPSA) is 42.0 Å². The van der Waals surface area contributed by atoms with Gasteiger partial charge in [-0.15, -0.1) is 11.3 Å². The van der Waals surface area contributed by atoms with Crippen LogP contribution in [0.4, 0.5) is 0 Å². The Morgan fingerprint density at radius 2 is 2.54 bits per heavy atom. The number of thiazole rings is 1. The highest BCUT2D eigenvalue weighted by Gasteiger charge is 2.06. The Hall–Kier alpha value is -0.260. The molecule has 0 bridgehead atoms. The molecule has 0 aliphatic rings. The first kappa shape index (κ1) is 10.8. The Morgan fingerprint density at radius 1 is 1.77 bits per heavy atom. The minimum Gasteiger partial charge on any atom is -0.307 e. The van der Waals surface area contributed by atoms with E-state index in [9.17, 15) is 4.21 Å². The summed E-state index contributed by atoms with van der Waals surface area (Å²) in [5, 5.41) is 6.32. The minimum atomic E-state index is -0.708. The highest BCUT2D eigenvalue weighted by atomic mass is 32.2. The molecule has 5 heteroatoms. The zero-order chi connectivity index (χ0) is 9.68. The van der Waals surface area contributed by atoms with Crippen LogP contribution >= 0.6 is 11.3 Å². The van der Waals surface area contributed by atoms with Crippen molar-refractivity contribution >= 4 is 22.1 Å². The third-order valence-corrected chi connectivity index (χ3v) is 3.40. The molecular formula is C8H14N2OS2. The molecule has 0 saturated heterocycles. The third-order valence-electron chi connectivity index (χ3n) is 1.66. The number of hydrogen-bond donors (Lipinski definition) is 1. The van der Waals surface area contributed by atoms with Gasteiger partial charge in [-0.05, 0) is 6.92 Å². The van der Waals surface area contributed by atoms with E-state index in [-0.39, 0.29) is 6.04 Å². The van der Waals surface area contributed by atoms with Gasteiger partial charge in [0, 0.05) is 40.9 Å². The van der Waals surface area contributed by atoms with Gasteiger partial charge in [-0.2, -0.15) is 0 Å². The number of nitrogens with one attached hydrogen (secondary N) is 1. The Labute approximate surface area is 85.0 Å². The highest BCUT2D eigenvalue weighted by Crippen LogP contribution is 2.13. The first-order chi connectivity index (χ1) is 6.20. The smallest absolute Gasteiger partial charge is 0.109 e. The first-order valence-corrected chi connectivity index (χ1v) is 6.73. The van der Waals surface area contributed by atoms with Gasteiger partial charge in [-0.3, -0.25) is 4.21 Å². The van der Waals surface area contributed by atoms with Crippen molar-refractivity contribution in [1.29, 1.82) is 0 Å². The van der Waals surface area contributed by atoms with Gasteiger partial charge in [0.1, 0.15) is 5.01 Å². The van der Waals surface area contributed by atoms with Crippen molar-refractivity contribution in [2.24, 2.45) is 0 Å². The first-order valence-electron chi connectivity index (χ1n) is 4.13. The predicted octanol–water partition coefficient (Wildman–Crippen LogP) is 1.17. The molecular weight excluding hydrogens is 204 g/mol. The van der Waals surface area contributed by atoms with E-state index in [0.717, 1.165) is 11.6 Å². The van der Waals surface area contributed by atoms with Gasteiger partial charge in [-0.25, -0.2) is 4.98 Å². The monoisotopic (exact) mass is 218 g/mol. The molecule has 0 aliphatic heterocycles. The molecule has 2 unspecified atom stereocenters. The van der Waals surface area contributed by atoms with E-state index in [4.69, 9.17) is 0 Å². The standard InChI is InChI=1S/C8H14N2OS2/c1-7(8-10-3-5-12-8)9-4-6-13(2)11/h3,5,7,9H,4,6H2,1-2H3. The van der Waals surface area contributed by atoms with Gasteiger partial charge in [0.25, 0.3) is 0 Å². The molecule has 0 radical (unpaired) electrons. The Bertz CT molecular complexity index is 261. The average Bonchev–Trinajstić information content (AvgIpc) is 2.55. The van der Waals surface area contributed by atoms with E-state index in [1.807, 2.05) is 5.38 Å². The second-order valence-corrected chi connectivity index (χ2v) is 5.30. The Kier molecular flexibility index (Phi) is 4.55. The van der Waals surface area contributed by atoms with E-state index in [0.29, 0.717) is 5.75 Å². The molecule has 3 nitrogen and oxygen atoms in total. The van der Waals surface area contributed by atoms with Crippen molar-refractivity contribution in [3.63, 3.8) is 0 Å². The number of rotatable bonds is 5. The van der Waals surface area contributed by atoms with E-state index in [1.54, 1.807) is 23.8 Å². The summed E-state index contributed by atoms with van der Waals surface area (Å²) in [7, 11) is -0.708. The van der Waals surface area contributed by atoms with Crippen LogP contribution in [0.2, 0.25) is 0 Å². The summed E-state index contributed by atoms with van der Waals surface area (Å²) < 4.78 is 10.8. The number of nitrogens with zero attached hydrogens (tertiary/aromatic N) is 1. The van der Waals surface area contributed by atoms with Crippen molar-refractivity contribution in [3.8, 4) is 0 Å². The van der Waals surface area contributed by atoms with Gasteiger partial charge in [0.15, 0.2) is 0 Å². The molecule has 0 spiro atoms. The Balaban J connectivity index is 2.26.